The Balaban J connectivity index is 1.50. The highest BCUT2D eigenvalue weighted by atomic mass is 16.6. The van der Waals surface area contributed by atoms with E-state index in [1.807, 2.05) is 6.07 Å². The van der Waals surface area contributed by atoms with Gasteiger partial charge in [-0.05, 0) is 35.4 Å². The molecule has 1 amide bonds. The van der Waals surface area contributed by atoms with Crippen LogP contribution in [0.15, 0.2) is 36.5 Å². The van der Waals surface area contributed by atoms with Gasteiger partial charge in [-0.3, -0.25) is 9.59 Å². The van der Waals surface area contributed by atoms with Crippen LogP contribution in [0.1, 0.15) is 38.2 Å². The molecule has 160 valence electrons. The number of hydrogen-bond acceptors (Lipinski definition) is 7. The molecule has 2 aromatic rings. The third kappa shape index (κ3) is 4.84. The van der Waals surface area contributed by atoms with Gasteiger partial charge >= 0.3 is 5.97 Å². The zero-order valence-electron chi connectivity index (χ0n) is 17.2. The number of nitrogens with zero attached hydrogens (tertiary/aromatic N) is 2. The Kier molecular flexibility index (Phi) is 5.87. The number of hydrogen-bond donors (Lipinski definition) is 1. The van der Waals surface area contributed by atoms with Gasteiger partial charge in [0.25, 0.3) is 5.91 Å². The van der Waals surface area contributed by atoms with Crippen LogP contribution in [0.4, 0.5) is 5.82 Å². The molecule has 8 heteroatoms. The molecule has 2 fully saturated rings. The summed E-state index contributed by atoms with van der Waals surface area (Å²) in [6, 6.07) is 11.1. The fraction of sp³-hybridized carbons (Fsp3) is 0.391. The van der Waals surface area contributed by atoms with Crippen molar-refractivity contribution in [3.8, 4) is 22.9 Å². The number of nitrogens with one attached hydrogen (secondary N) is 1. The summed E-state index contributed by atoms with van der Waals surface area (Å²) in [6.45, 7) is 2.61. The van der Waals surface area contributed by atoms with Crippen LogP contribution in [0, 0.1) is 11.3 Å². The molecule has 1 saturated heterocycles. The first kappa shape index (κ1) is 20.8. The number of benzene rings is 1. The molecule has 2 aliphatic rings. The second-order valence-electron chi connectivity index (χ2n) is 7.72. The van der Waals surface area contributed by atoms with Crippen LogP contribution < -0.4 is 10.1 Å². The molecule has 2 heterocycles. The Labute approximate surface area is 180 Å². The molecule has 0 unspecified atom stereocenters. The fourth-order valence-corrected chi connectivity index (χ4v) is 3.55. The van der Waals surface area contributed by atoms with Gasteiger partial charge in [0.2, 0.25) is 0 Å². The van der Waals surface area contributed by atoms with E-state index in [0.717, 1.165) is 24.0 Å². The van der Waals surface area contributed by atoms with Gasteiger partial charge in [0, 0.05) is 38.8 Å². The molecule has 1 aromatic heterocycles. The van der Waals surface area contributed by atoms with Crippen molar-refractivity contribution in [1.82, 2.24) is 4.98 Å². The van der Waals surface area contributed by atoms with E-state index in [4.69, 9.17) is 14.2 Å². The van der Waals surface area contributed by atoms with Gasteiger partial charge in [-0.2, -0.15) is 5.26 Å². The summed E-state index contributed by atoms with van der Waals surface area (Å²) in [4.78, 5) is 28.0. The fourth-order valence-electron chi connectivity index (χ4n) is 3.55. The topological polar surface area (TPSA) is 111 Å². The number of carbonyl (C=O) groups excluding carboxylic acids is 2. The molecule has 1 N–H and O–H groups in total. The summed E-state index contributed by atoms with van der Waals surface area (Å²) in [6.07, 6.45) is 4.22. The van der Waals surface area contributed by atoms with E-state index in [1.165, 1.54) is 6.92 Å². The maximum atomic E-state index is 12.5. The van der Waals surface area contributed by atoms with Crippen molar-refractivity contribution in [2.75, 3.05) is 18.5 Å². The molecule has 0 atom stereocenters. The van der Waals surface area contributed by atoms with Gasteiger partial charge < -0.3 is 19.5 Å². The Hall–Kier alpha value is -3.44. The van der Waals surface area contributed by atoms with Gasteiger partial charge in [-0.15, -0.1) is 0 Å². The molecular weight excluding hydrogens is 398 g/mol. The van der Waals surface area contributed by atoms with Crippen molar-refractivity contribution in [3.05, 3.63) is 42.1 Å². The monoisotopic (exact) mass is 421 g/mol. The maximum Gasteiger partial charge on any atom is 0.303 e. The second-order valence-corrected chi connectivity index (χ2v) is 7.72. The summed E-state index contributed by atoms with van der Waals surface area (Å²) in [5, 5.41) is 12.3. The Morgan fingerprint density at radius 3 is 2.61 bits per heavy atom. The van der Waals surface area contributed by atoms with E-state index in [-0.39, 0.29) is 12.0 Å². The first-order valence-electron chi connectivity index (χ1n) is 10.3. The van der Waals surface area contributed by atoms with Crippen LogP contribution in [-0.2, 0) is 19.1 Å². The molecule has 1 aliphatic carbocycles. The van der Waals surface area contributed by atoms with Crippen molar-refractivity contribution < 1.29 is 23.8 Å². The molecule has 1 saturated carbocycles. The number of ether oxygens (including phenoxy) is 3. The highest BCUT2D eigenvalue weighted by Gasteiger charge is 2.53. The Morgan fingerprint density at radius 1 is 1.19 bits per heavy atom. The van der Waals surface area contributed by atoms with Gasteiger partial charge in [0.1, 0.15) is 23.7 Å². The van der Waals surface area contributed by atoms with E-state index in [1.54, 1.807) is 30.5 Å². The minimum atomic E-state index is -1.08. The zero-order valence-corrected chi connectivity index (χ0v) is 17.2. The first-order valence-corrected chi connectivity index (χ1v) is 10.3. The summed E-state index contributed by atoms with van der Waals surface area (Å²) < 4.78 is 16.5. The predicted molar refractivity (Wildman–Crippen MR) is 111 cm³/mol. The maximum absolute atomic E-state index is 12.5. The van der Waals surface area contributed by atoms with E-state index in [9.17, 15) is 14.9 Å². The van der Waals surface area contributed by atoms with Crippen LogP contribution >= 0.6 is 0 Å². The standard InChI is InChI=1S/C23H23N3O5/c1-15(27)31-23(7-8-23)22(28)26-21-13-17(4-9-25-21)16-2-3-20(18(12-16)14-24)30-19-5-10-29-11-6-19/h2-4,9,12-13,19H,5-8,10-11H2,1H3,(H,25,26,28). The second kappa shape index (κ2) is 8.74. The lowest BCUT2D eigenvalue weighted by Gasteiger charge is -2.23. The summed E-state index contributed by atoms with van der Waals surface area (Å²) in [5.74, 6) is 0.0338. The lowest BCUT2D eigenvalue weighted by molar-refractivity contribution is -0.154. The van der Waals surface area contributed by atoms with Crippen LogP contribution in [-0.4, -0.2) is 41.8 Å². The number of anilines is 1. The summed E-state index contributed by atoms with van der Waals surface area (Å²) >= 11 is 0. The molecule has 8 nitrogen and oxygen atoms in total. The number of rotatable bonds is 6. The predicted octanol–water partition coefficient (Wildman–Crippen LogP) is 3.21. The van der Waals surface area contributed by atoms with Crippen LogP contribution in [0.2, 0.25) is 0 Å². The third-order valence-corrected chi connectivity index (χ3v) is 5.35. The molecular formula is C23H23N3O5. The molecule has 1 aromatic carbocycles. The minimum absolute atomic E-state index is 0.0430. The summed E-state index contributed by atoms with van der Waals surface area (Å²) in [5.41, 5.74) is 0.950. The number of pyridine rings is 1. The highest BCUT2D eigenvalue weighted by molar-refractivity contribution is 6.00. The van der Waals surface area contributed by atoms with E-state index in [2.05, 4.69) is 16.4 Å². The Bertz CT molecular complexity index is 1040. The van der Waals surface area contributed by atoms with E-state index < -0.39 is 11.6 Å². The van der Waals surface area contributed by atoms with Crippen LogP contribution in [0.25, 0.3) is 11.1 Å². The normalized spacial score (nSPS) is 17.3. The smallest absolute Gasteiger partial charge is 0.303 e. The first-order chi connectivity index (χ1) is 15.0. The van der Waals surface area contributed by atoms with Gasteiger partial charge in [-0.25, -0.2) is 4.98 Å². The number of carbonyl (C=O) groups is 2. The molecule has 0 spiro atoms. The average molecular weight is 421 g/mol. The average Bonchev–Trinajstić information content (AvgIpc) is 3.55. The molecule has 0 radical (unpaired) electrons. The van der Waals surface area contributed by atoms with Crippen LogP contribution in [0.5, 0.6) is 5.75 Å². The van der Waals surface area contributed by atoms with Gasteiger partial charge in [0.15, 0.2) is 5.60 Å². The molecule has 4 rings (SSSR count). The molecule has 0 bridgehead atoms. The number of esters is 1. The molecule has 31 heavy (non-hydrogen) atoms. The lowest BCUT2D eigenvalue weighted by Crippen LogP contribution is -2.34. The Morgan fingerprint density at radius 2 is 1.94 bits per heavy atom. The third-order valence-electron chi connectivity index (χ3n) is 5.35. The van der Waals surface area contributed by atoms with Crippen molar-refractivity contribution in [2.24, 2.45) is 0 Å². The van der Waals surface area contributed by atoms with Crippen LogP contribution in [0.3, 0.4) is 0 Å². The highest BCUT2D eigenvalue weighted by Crippen LogP contribution is 2.40. The number of nitriles is 1. The van der Waals surface area contributed by atoms with Crippen molar-refractivity contribution in [3.63, 3.8) is 0 Å². The lowest BCUT2D eigenvalue weighted by atomic mass is 10.0. The minimum Gasteiger partial charge on any atom is -0.489 e. The summed E-state index contributed by atoms with van der Waals surface area (Å²) in [7, 11) is 0. The van der Waals surface area contributed by atoms with Crippen molar-refractivity contribution >= 4 is 17.7 Å². The van der Waals surface area contributed by atoms with Gasteiger partial charge in [-0.1, -0.05) is 6.07 Å². The van der Waals surface area contributed by atoms with E-state index >= 15 is 0 Å². The SMILES string of the molecule is CC(=O)OC1(C(=O)Nc2cc(-c3ccc(OC4CCOCC4)c(C#N)c3)ccn2)CC1. The van der Waals surface area contributed by atoms with E-state index in [0.29, 0.717) is 43.2 Å². The quantitative estimate of drug-likeness (QED) is 0.713. The zero-order chi connectivity index (χ0) is 21.8. The largest absolute Gasteiger partial charge is 0.489 e. The number of aromatic nitrogens is 1. The van der Waals surface area contributed by atoms with Crippen molar-refractivity contribution in [2.45, 2.75) is 44.3 Å². The van der Waals surface area contributed by atoms with Gasteiger partial charge in [0.05, 0.1) is 18.8 Å². The number of amides is 1. The molecule has 1 aliphatic heterocycles. The van der Waals surface area contributed by atoms with Crippen molar-refractivity contribution in [1.29, 1.82) is 5.26 Å².